The Labute approximate surface area is 127 Å². The summed E-state index contributed by atoms with van der Waals surface area (Å²) in [5.41, 5.74) is 1.81. The SMILES string of the molecule is COc1ccc([N+](=O)[O-])cc1Oc1ccc(C)cc1CCl. The zero-order valence-corrected chi connectivity index (χ0v) is 12.4. The van der Waals surface area contributed by atoms with E-state index >= 15 is 0 Å². The zero-order valence-electron chi connectivity index (χ0n) is 11.6. The maximum Gasteiger partial charge on any atom is 0.273 e. The van der Waals surface area contributed by atoms with Gasteiger partial charge in [-0.15, -0.1) is 11.6 Å². The number of methoxy groups -OCH3 is 1. The number of alkyl halides is 1. The fourth-order valence-corrected chi connectivity index (χ4v) is 2.10. The largest absolute Gasteiger partial charge is 0.493 e. The maximum atomic E-state index is 10.9. The van der Waals surface area contributed by atoms with Gasteiger partial charge in [0.2, 0.25) is 0 Å². The molecular weight excluding hydrogens is 294 g/mol. The van der Waals surface area contributed by atoms with Crippen LogP contribution in [0.3, 0.4) is 0 Å². The minimum absolute atomic E-state index is 0.0645. The standard InChI is InChI=1S/C15H14ClNO4/c1-10-3-5-13(11(7-10)9-16)21-15-8-12(17(18)19)4-6-14(15)20-2/h3-8H,9H2,1-2H3. The molecule has 0 aliphatic heterocycles. The first-order valence-electron chi connectivity index (χ1n) is 6.21. The normalized spacial score (nSPS) is 10.2. The smallest absolute Gasteiger partial charge is 0.273 e. The minimum Gasteiger partial charge on any atom is -0.493 e. The number of halogens is 1. The molecule has 0 atom stereocenters. The van der Waals surface area contributed by atoms with Gasteiger partial charge in [-0.3, -0.25) is 10.1 Å². The number of hydrogen-bond acceptors (Lipinski definition) is 4. The lowest BCUT2D eigenvalue weighted by Crippen LogP contribution is -1.95. The number of nitrogens with zero attached hydrogens (tertiary/aromatic N) is 1. The molecule has 2 aromatic rings. The second-order valence-electron chi connectivity index (χ2n) is 4.44. The third-order valence-electron chi connectivity index (χ3n) is 2.94. The fourth-order valence-electron chi connectivity index (χ4n) is 1.89. The van der Waals surface area contributed by atoms with Crippen LogP contribution in [0.25, 0.3) is 0 Å². The van der Waals surface area contributed by atoms with Crippen molar-refractivity contribution in [3.63, 3.8) is 0 Å². The number of benzene rings is 2. The number of rotatable bonds is 5. The van der Waals surface area contributed by atoms with E-state index in [1.165, 1.54) is 25.3 Å². The van der Waals surface area contributed by atoms with Crippen molar-refractivity contribution >= 4 is 17.3 Å². The lowest BCUT2D eigenvalue weighted by atomic mass is 10.1. The van der Waals surface area contributed by atoms with Gasteiger partial charge in [0.05, 0.1) is 24.0 Å². The molecule has 0 amide bonds. The van der Waals surface area contributed by atoms with Crippen molar-refractivity contribution < 1.29 is 14.4 Å². The fraction of sp³-hybridized carbons (Fsp3) is 0.200. The third-order valence-corrected chi connectivity index (χ3v) is 3.23. The number of nitro benzene ring substituents is 1. The average Bonchev–Trinajstić information content (AvgIpc) is 2.48. The van der Waals surface area contributed by atoms with E-state index in [0.717, 1.165) is 11.1 Å². The van der Waals surface area contributed by atoms with E-state index in [9.17, 15) is 10.1 Å². The Kier molecular flexibility index (Phi) is 4.65. The minimum atomic E-state index is -0.482. The molecule has 0 aromatic heterocycles. The molecule has 5 nitrogen and oxygen atoms in total. The summed E-state index contributed by atoms with van der Waals surface area (Å²) in [5.74, 6) is 1.53. The van der Waals surface area contributed by atoms with Gasteiger partial charge in [-0.1, -0.05) is 17.7 Å². The first-order valence-corrected chi connectivity index (χ1v) is 6.74. The molecular formula is C15H14ClNO4. The first kappa shape index (κ1) is 15.1. The molecule has 0 bridgehead atoms. The van der Waals surface area contributed by atoms with Crippen molar-refractivity contribution in [3.8, 4) is 17.2 Å². The predicted octanol–water partition coefficient (Wildman–Crippen LogP) is 4.44. The quantitative estimate of drug-likeness (QED) is 0.465. The van der Waals surface area contributed by atoms with Gasteiger partial charge in [0, 0.05) is 11.6 Å². The third kappa shape index (κ3) is 3.44. The van der Waals surface area contributed by atoms with Crippen molar-refractivity contribution in [2.24, 2.45) is 0 Å². The van der Waals surface area contributed by atoms with E-state index < -0.39 is 4.92 Å². The zero-order chi connectivity index (χ0) is 15.4. The summed E-state index contributed by atoms with van der Waals surface area (Å²) in [7, 11) is 1.48. The Morgan fingerprint density at radius 3 is 2.48 bits per heavy atom. The molecule has 0 aliphatic rings. The first-order chi connectivity index (χ1) is 10.0. The van der Waals surface area contributed by atoms with Crippen LogP contribution in [0.4, 0.5) is 5.69 Å². The summed E-state index contributed by atoms with van der Waals surface area (Å²) in [6.45, 7) is 1.95. The predicted molar refractivity (Wildman–Crippen MR) is 80.5 cm³/mol. The number of hydrogen-bond donors (Lipinski definition) is 0. The molecule has 0 saturated heterocycles. The van der Waals surface area contributed by atoms with E-state index in [1.54, 1.807) is 6.07 Å². The van der Waals surface area contributed by atoms with Crippen LogP contribution in [-0.4, -0.2) is 12.0 Å². The Hall–Kier alpha value is -2.27. The molecule has 0 unspecified atom stereocenters. The average molecular weight is 308 g/mol. The highest BCUT2D eigenvalue weighted by Gasteiger charge is 2.14. The number of ether oxygens (including phenoxy) is 2. The summed E-state index contributed by atoms with van der Waals surface area (Å²) >= 11 is 5.91. The summed E-state index contributed by atoms with van der Waals surface area (Å²) in [4.78, 5) is 10.4. The molecule has 21 heavy (non-hydrogen) atoms. The molecule has 0 heterocycles. The van der Waals surface area contributed by atoms with Crippen LogP contribution < -0.4 is 9.47 Å². The molecule has 0 N–H and O–H groups in total. The van der Waals surface area contributed by atoms with Crippen molar-refractivity contribution in [3.05, 3.63) is 57.6 Å². The van der Waals surface area contributed by atoms with Crippen molar-refractivity contribution in [1.82, 2.24) is 0 Å². The Morgan fingerprint density at radius 1 is 1.14 bits per heavy atom. The van der Waals surface area contributed by atoms with Crippen molar-refractivity contribution in [2.75, 3.05) is 7.11 Å². The van der Waals surface area contributed by atoms with Gasteiger partial charge in [0.15, 0.2) is 11.5 Å². The van der Waals surface area contributed by atoms with Crippen LogP contribution in [0.2, 0.25) is 0 Å². The van der Waals surface area contributed by atoms with E-state index in [-0.39, 0.29) is 17.3 Å². The van der Waals surface area contributed by atoms with Crippen LogP contribution in [0, 0.1) is 17.0 Å². The number of non-ortho nitro benzene ring substituents is 1. The summed E-state index contributed by atoms with van der Waals surface area (Å²) in [6, 6.07) is 9.77. The van der Waals surface area contributed by atoms with Crippen molar-refractivity contribution in [1.29, 1.82) is 0 Å². The highest BCUT2D eigenvalue weighted by Crippen LogP contribution is 2.36. The summed E-state index contributed by atoms with van der Waals surface area (Å²) in [6.07, 6.45) is 0. The highest BCUT2D eigenvalue weighted by molar-refractivity contribution is 6.17. The topological polar surface area (TPSA) is 61.6 Å². The van der Waals surface area contributed by atoms with Gasteiger partial charge < -0.3 is 9.47 Å². The molecule has 6 heteroatoms. The van der Waals surface area contributed by atoms with E-state index in [1.807, 2.05) is 19.1 Å². The molecule has 0 saturated carbocycles. The second kappa shape index (κ2) is 6.45. The van der Waals surface area contributed by atoms with Gasteiger partial charge in [-0.2, -0.15) is 0 Å². The van der Waals surface area contributed by atoms with Crippen LogP contribution in [0.1, 0.15) is 11.1 Å². The molecule has 0 fully saturated rings. The molecule has 2 aromatic carbocycles. The Balaban J connectivity index is 2.42. The van der Waals surface area contributed by atoms with E-state index in [0.29, 0.717) is 11.5 Å². The molecule has 2 rings (SSSR count). The lowest BCUT2D eigenvalue weighted by molar-refractivity contribution is -0.384. The van der Waals surface area contributed by atoms with Crippen LogP contribution >= 0.6 is 11.6 Å². The van der Waals surface area contributed by atoms with Gasteiger partial charge >= 0.3 is 0 Å². The molecule has 110 valence electrons. The second-order valence-corrected chi connectivity index (χ2v) is 4.71. The van der Waals surface area contributed by atoms with E-state index in [2.05, 4.69) is 0 Å². The molecule has 0 aliphatic carbocycles. The van der Waals surface area contributed by atoms with Crippen LogP contribution in [0.15, 0.2) is 36.4 Å². The number of aryl methyl sites for hydroxylation is 1. The monoisotopic (exact) mass is 307 g/mol. The maximum absolute atomic E-state index is 10.9. The number of nitro groups is 1. The van der Waals surface area contributed by atoms with Gasteiger partial charge in [-0.05, 0) is 19.1 Å². The lowest BCUT2D eigenvalue weighted by Gasteiger charge is -2.13. The Morgan fingerprint density at radius 2 is 1.86 bits per heavy atom. The van der Waals surface area contributed by atoms with Crippen molar-refractivity contribution in [2.45, 2.75) is 12.8 Å². The van der Waals surface area contributed by atoms with Crippen LogP contribution in [0.5, 0.6) is 17.2 Å². The van der Waals surface area contributed by atoms with E-state index in [4.69, 9.17) is 21.1 Å². The summed E-state index contributed by atoms with van der Waals surface area (Å²) in [5, 5.41) is 10.9. The molecule has 0 radical (unpaired) electrons. The summed E-state index contributed by atoms with van der Waals surface area (Å²) < 4.78 is 10.9. The molecule has 0 spiro atoms. The van der Waals surface area contributed by atoms with Gasteiger partial charge in [0.1, 0.15) is 5.75 Å². The van der Waals surface area contributed by atoms with Gasteiger partial charge in [0.25, 0.3) is 5.69 Å². The Bertz CT molecular complexity index is 673. The highest BCUT2D eigenvalue weighted by atomic mass is 35.5. The van der Waals surface area contributed by atoms with Crippen LogP contribution in [-0.2, 0) is 5.88 Å². The van der Waals surface area contributed by atoms with Gasteiger partial charge in [-0.25, -0.2) is 0 Å².